The van der Waals surface area contributed by atoms with Gasteiger partial charge in [-0.2, -0.15) is 0 Å². The van der Waals surface area contributed by atoms with E-state index in [0.717, 1.165) is 4.57 Å². The van der Waals surface area contributed by atoms with Crippen LogP contribution in [0.3, 0.4) is 0 Å². The van der Waals surface area contributed by atoms with Gasteiger partial charge in [-0.1, -0.05) is 5.92 Å². The fraction of sp³-hybridized carbons (Fsp3) is 0.381. The number of terminal acetylenes is 1. The van der Waals surface area contributed by atoms with E-state index in [1.807, 2.05) is 13.0 Å². The van der Waals surface area contributed by atoms with Crippen LogP contribution in [0.2, 0.25) is 0 Å². The van der Waals surface area contributed by atoms with Gasteiger partial charge >= 0.3 is 5.69 Å². The monoisotopic (exact) mass is 412 g/mol. The summed E-state index contributed by atoms with van der Waals surface area (Å²) in [6, 6.07) is 5.33. The Kier molecular flexibility index (Phi) is 6.28. The average molecular weight is 412 g/mol. The van der Waals surface area contributed by atoms with Crippen LogP contribution in [-0.4, -0.2) is 46.1 Å². The van der Waals surface area contributed by atoms with Crippen molar-refractivity contribution in [2.45, 2.75) is 20.0 Å². The van der Waals surface area contributed by atoms with Gasteiger partial charge in [-0.05, 0) is 25.1 Å². The van der Waals surface area contributed by atoms with Crippen molar-refractivity contribution in [2.75, 3.05) is 27.4 Å². The Bertz CT molecular complexity index is 1230. The van der Waals surface area contributed by atoms with E-state index < -0.39 is 11.2 Å². The molecule has 9 heteroatoms. The summed E-state index contributed by atoms with van der Waals surface area (Å²) in [6.07, 6.45) is 5.38. The van der Waals surface area contributed by atoms with Crippen molar-refractivity contribution in [3.05, 3.63) is 39.0 Å². The van der Waals surface area contributed by atoms with E-state index in [2.05, 4.69) is 10.9 Å². The second-order valence-corrected chi connectivity index (χ2v) is 6.46. The molecule has 0 aliphatic rings. The molecule has 0 saturated heterocycles. The summed E-state index contributed by atoms with van der Waals surface area (Å²) in [5.41, 5.74) is 0.277. The molecule has 30 heavy (non-hydrogen) atoms. The number of methoxy groups -OCH3 is 2. The molecule has 0 atom stereocenters. The Morgan fingerprint density at radius 2 is 1.87 bits per heavy atom. The molecule has 2 heterocycles. The third kappa shape index (κ3) is 3.57. The van der Waals surface area contributed by atoms with Gasteiger partial charge in [0.15, 0.2) is 22.7 Å². The van der Waals surface area contributed by atoms with Crippen molar-refractivity contribution in [3.63, 3.8) is 0 Å². The summed E-state index contributed by atoms with van der Waals surface area (Å²) >= 11 is 0. The molecular weight excluding hydrogens is 388 g/mol. The molecule has 1 aromatic carbocycles. The van der Waals surface area contributed by atoms with E-state index in [1.54, 1.807) is 38.0 Å². The molecule has 0 saturated carbocycles. The number of hydrogen-bond acceptors (Lipinski definition) is 6. The van der Waals surface area contributed by atoms with E-state index in [9.17, 15) is 9.59 Å². The minimum atomic E-state index is -0.512. The molecule has 0 fully saturated rings. The molecule has 9 nitrogen and oxygen atoms in total. The number of aromatic nitrogens is 4. The van der Waals surface area contributed by atoms with Crippen LogP contribution < -0.4 is 20.7 Å². The topological polar surface area (TPSA) is 89.5 Å². The van der Waals surface area contributed by atoms with Crippen LogP contribution in [0.5, 0.6) is 11.5 Å². The summed E-state index contributed by atoms with van der Waals surface area (Å²) in [6.45, 7) is 2.81. The largest absolute Gasteiger partial charge is 0.493 e. The highest BCUT2D eigenvalue weighted by Crippen LogP contribution is 2.32. The normalized spacial score (nSPS) is 10.9. The molecule has 0 N–H and O–H groups in total. The lowest BCUT2D eigenvalue weighted by molar-refractivity contribution is 0.138. The number of fused-ring (bicyclic) bond motifs is 1. The number of rotatable bonds is 8. The fourth-order valence-electron chi connectivity index (χ4n) is 3.33. The lowest BCUT2D eigenvalue weighted by atomic mass is 10.2. The van der Waals surface area contributed by atoms with Gasteiger partial charge in [-0.3, -0.25) is 9.36 Å². The van der Waals surface area contributed by atoms with Crippen molar-refractivity contribution in [3.8, 4) is 35.2 Å². The van der Waals surface area contributed by atoms with Crippen molar-refractivity contribution in [2.24, 2.45) is 7.05 Å². The first-order chi connectivity index (χ1) is 14.5. The first kappa shape index (κ1) is 21.2. The minimum absolute atomic E-state index is 0.126. The Morgan fingerprint density at radius 1 is 1.13 bits per heavy atom. The van der Waals surface area contributed by atoms with Gasteiger partial charge < -0.3 is 18.8 Å². The van der Waals surface area contributed by atoms with Crippen LogP contribution in [0.25, 0.3) is 22.6 Å². The predicted octanol–water partition coefficient (Wildman–Crippen LogP) is 1.25. The first-order valence-electron chi connectivity index (χ1n) is 9.42. The fourth-order valence-corrected chi connectivity index (χ4v) is 3.33. The maximum absolute atomic E-state index is 13.0. The number of benzene rings is 1. The van der Waals surface area contributed by atoms with Gasteiger partial charge in [0.25, 0.3) is 5.56 Å². The van der Waals surface area contributed by atoms with Gasteiger partial charge in [0.1, 0.15) is 5.82 Å². The molecule has 0 aliphatic carbocycles. The summed E-state index contributed by atoms with van der Waals surface area (Å²) < 4.78 is 20.2. The van der Waals surface area contributed by atoms with E-state index in [4.69, 9.17) is 20.6 Å². The molecule has 0 spiro atoms. The highest BCUT2D eigenvalue weighted by molar-refractivity contribution is 5.77. The van der Waals surface area contributed by atoms with Crippen molar-refractivity contribution >= 4 is 11.2 Å². The maximum Gasteiger partial charge on any atom is 0.333 e. The third-order valence-electron chi connectivity index (χ3n) is 4.80. The highest BCUT2D eigenvalue weighted by atomic mass is 16.5. The highest BCUT2D eigenvalue weighted by Gasteiger charge is 2.21. The van der Waals surface area contributed by atoms with Crippen LogP contribution in [-0.2, 0) is 24.9 Å². The molecule has 0 unspecified atom stereocenters. The smallest absolute Gasteiger partial charge is 0.333 e. The Hall–Kier alpha value is -3.51. The molecule has 3 rings (SSSR count). The summed E-state index contributed by atoms with van der Waals surface area (Å²) in [4.78, 5) is 30.6. The molecule has 0 radical (unpaired) electrons. The summed E-state index contributed by atoms with van der Waals surface area (Å²) in [5, 5.41) is 0. The quantitative estimate of drug-likeness (QED) is 0.409. The number of ether oxygens (including phenoxy) is 3. The summed E-state index contributed by atoms with van der Waals surface area (Å²) in [5.74, 6) is 3.98. The maximum atomic E-state index is 13.0. The Balaban J connectivity index is 2.29. The van der Waals surface area contributed by atoms with E-state index >= 15 is 0 Å². The van der Waals surface area contributed by atoms with Crippen LogP contribution in [0.1, 0.15) is 6.92 Å². The molecule has 0 amide bonds. The second kappa shape index (κ2) is 8.88. The standard InChI is InChI=1S/C21H24N4O5/c1-6-10-25-20(26)17-19(24(21(25)27)11-12-30-7-2)22-18(23(17)3)14-8-9-15(28-4)16(13-14)29-5/h1,8-9,13H,7,10-12H2,2-5H3. The zero-order valence-corrected chi connectivity index (χ0v) is 17.5. The zero-order valence-electron chi connectivity index (χ0n) is 17.5. The van der Waals surface area contributed by atoms with Crippen molar-refractivity contribution in [1.82, 2.24) is 18.7 Å². The van der Waals surface area contributed by atoms with Gasteiger partial charge in [-0.25, -0.2) is 14.3 Å². The molecule has 2 aromatic heterocycles. The average Bonchev–Trinajstić information content (AvgIpc) is 3.10. The van der Waals surface area contributed by atoms with Gasteiger partial charge in [0.2, 0.25) is 0 Å². The van der Waals surface area contributed by atoms with Crippen molar-refractivity contribution < 1.29 is 14.2 Å². The lowest BCUT2D eigenvalue weighted by Crippen LogP contribution is -2.41. The molecule has 158 valence electrons. The minimum Gasteiger partial charge on any atom is -0.493 e. The van der Waals surface area contributed by atoms with E-state index in [-0.39, 0.29) is 24.3 Å². The Morgan fingerprint density at radius 3 is 2.50 bits per heavy atom. The number of nitrogens with zero attached hydrogens (tertiary/aromatic N) is 4. The SMILES string of the molecule is C#CCn1c(=O)c2c(nc(-c3ccc(OC)c(OC)c3)n2C)n(CCOCC)c1=O. The molecular formula is C21H24N4O5. The second-order valence-electron chi connectivity index (χ2n) is 6.46. The number of imidazole rings is 1. The van der Waals surface area contributed by atoms with Crippen LogP contribution in [0, 0.1) is 12.3 Å². The van der Waals surface area contributed by atoms with Gasteiger partial charge in [0.05, 0.1) is 33.9 Å². The zero-order chi connectivity index (χ0) is 21.8. The molecule has 0 aliphatic heterocycles. The summed E-state index contributed by atoms with van der Waals surface area (Å²) in [7, 11) is 4.82. The first-order valence-corrected chi connectivity index (χ1v) is 9.42. The van der Waals surface area contributed by atoms with Crippen LogP contribution >= 0.6 is 0 Å². The lowest BCUT2D eigenvalue weighted by Gasteiger charge is -2.10. The van der Waals surface area contributed by atoms with E-state index in [1.165, 1.54) is 4.57 Å². The third-order valence-corrected chi connectivity index (χ3v) is 4.80. The van der Waals surface area contributed by atoms with Crippen LogP contribution in [0.15, 0.2) is 27.8 Å². The van der Waals surface area contributed by atoms with Crippen molar-refractivity contribution in [1.29, 1.82) is 0 Å². The number of hydrogen-bond donors (Lipinski definition) is 0. The van der Waals surface area contributed by atoms with Gasteiger partial charge in [0, 0.05) is 19.2 Å². The predicted molar refractivity (Wildman–Crippen MR) is 113 cm³/mol. The molecule has 0 bridgehead atoms. The molecule has 3 aromatic rings. The van der Waals surface area contributed by atoms with Gasteiger partial charge in [-0.15, -0.1) is 6.42 Å². The number of aryl methyl sites for hydroxylation is 1. The Labute approximate surface area is 173 Å². The van der Waals surface area contributed by atoms with E-state index in [0.29, 0.717) is 36.1 Å². The van der Waals surface area contributed by atoms with Crippen LogP contribution in [0.4, 0.5) is 0 Å².